The summed E-state index contributed by atoms with van der Waals surface area (Å²) in [6, 6.07) is 6.82. The van der Waals surface area contributed by atoms with Crippen LogP contribution in [0.5, 0.6) is 0 Å². The molecule has 2 aromatic rings. The summed E-state index contributed by atoms with van der Waals surface area (Å²) in [5.74, 6) is 0.140. The Balaban J connectivity index is 1.83. The minimum Gasteiger partial charge on any atom is -0.383 e. The second kappa shape index (κ2) is 9.36. The fourth-order valence-corrected chi connectivity index (χ4v) is 3.42. The first-order chi connectivity index (χ1) is 11.6. The number of rotatable bonds is 9. The Morgan fingerprint density at radius 1 is 1.25 bits per heavy atom. The summed E-state index contributed by atoms with van der Waals surface area (Å²) < 4.78 is 5.68. The smallest absolute Gasteiger partial charge is 0.221 e. The Morgan fingerprint density at radius 3 is 2.67 bits per heavy atom. The van der Waals surface area contributed by atoms with E-state index < -0.39 is 0 Å². The summed E-state index contributed by atoms with van der Waals surface area (Å²) in [6.45, 7) is 2.70. The van der Waals surface area contributed by atoms with Crippen molar-refractivity contribution in [2.75, 3.05) is 36.6 Å². The van der Waals surface area contributed by atoms with Gasteiger partial charge in [-0.2, -0.15) is 0 Å². The molecule has 0 aliphatic rings. The van der Waals surface area contributed by atoms with Crippen LogP contribution >= 0.6 is 23.1 Å². The van der Waals surface area contributed by atoms with Crippen LogP contribution in [0.4, 0.5) is 10.8 Å². The van der Waals surface area contributed by atoms with Crippen LogP contribution < -0.4 is 10.6 Å². The number of aromatic nitrogens is 2. The molecule has 128 valence electrons. The lowest BCUT2D eigenvalue weighted by atomic mass is 10.1. The van der Waals surface area contributed by atoms with Gasteiger partial charge in [-0.05, 0) is 24.3 Å². The number of ether oxygens (including phenoxy) is 1. The number of amides is 1. The van der Waals surface area contributed by atoms with E-state index in [4.69, 9.17) is 4.74 Å². The fourth-order valence-electron chi connectivity index (χ4n) is 1.75. The van der Waals surface area contributed by atoms with Gasteiger partial charge in [-0.15, -0.1) is 10.2 Å². The molecule has 0 fully saturated rings. The summed E-state index contributed by atoms with van der Waals surface area (Å²) >= 11 is 2.76. The molecular weight excluding hydrogens is 348 g/mol. The largest absolute Gasteiger partial charge is 0.383 e. The number of anilines is 2. The highest BCUT2D eigenvalue weighted by Crippen LogP contribution is 2.26. The van der Waals surface area contributed by atoms with E-state index >= 15 is 0 Å². The molecule has 2 N–H and O–H groups in total. The van der Waals surface area contributed by atoms with Gasteiger partial charge >= 0.3 is 0 Å². The van der Waals surface area contributed by atoms with Crippen LogP contribution in [-0.4, -0.2) is 47.9 Å². The Hall–Kier alpha value is -1.97. The SMILES string of the molecule is COCCNc1nnc(SCC(=O)c2ccc(NC(C)=O)cc2)s1. The van der Waals surface area contributed by atoms with Gasteiger partial charge in [0.1, 0.15) is 0 Å². The van der Waals surface area contributed by atoms with Crippen LogP contribution in [0, 0.1) is 0 Å². The van der Waals surface area contributed by atoms with E-state index in [9.17, 15) is 9.59 Å². The van der Waals surface area contributed by atoms with Crippen molar-refractivity contribution in [1.29, 1.82) is 0 Å². The Bertz CT molecular complexity index is 688. The lowest BCUT2D eigenvalue weighted by molar-refractivity contribution is -0.114. The summed E-state index contributed by atoms with van der Waals surface area (Å²) in [6.07, 6.45) is 0. The van der Waals surface area contributed by atoms with Crippen molar-refractivity contribution >= 4 is 45.6 Å². The summed E-state index contributed by atoms with van der Waals surface area (Å²) in [5.41, 5.74) is 1.27. The molecule has 2 rings (SSSR count). The minimum absolute atomic E-state index is 0.00142. The second-order valence-electron chi connectivity index (χ2n) is 4.76. The molecule has 0 aliphatic heterocycles. The van der Waals surface area contributed by atoms with Gasteiger partial charge in [0.15, 0.2) is 10.1 Å². The molecule has 7 nitrogen and oxygen atoms in total. The van der Waals surface area contributed by atoms with Gasteiger partial charge in [0, 0.05) is 31.8 Å². The molecule has 0 saturated carbocycles. The predicted molar refractivity (Wildman–Crippen MR) is 96.1 cm³/mol. The number of benzene rings is 1. The molecule has 1 aromatic carbocycles. The van der Waals surface area contributed by atoms with Gasteiger partial charge in [-0.3, -0.25) is 9.59 Å². The van der Waals surface area contributed by atoms with Crippen LogP contribution in [0.25, 0.3) is 0 Å². The third-order valence-electron chi connectivity index (χ3n) is 2.84. The third kappa shape index (κ3) is 5.91. The highest BCUT2D eigenvalue weighted by atomic mass is 32.2. The van der Waals surface area contributed by atoms with Crippen molar-refractivity contribution in [3.8, 4) is 0 Å². The van der Waals surface area contributed by atoms with Crippen LogP contribution in [0.2, 0.25) is 0 Å². The molecular formula is C15H18N4O3S2. The molecule has 0 spiro atoms. The maximum atomic E-state index is 12.2. The number of carbonyl (C=O) groups excluding carboxylic acids is 2. The first kappa shape index (κ1) is 18.4. The van der Waals surface area contributed by atoms with Crippen molar-refractivity contribution in [2.45, 2.75) is 11.3 Å². The van der Waals surface area contributed by atoms with E-state index in [0.29, 0.717) is 29.5 Å². The Kier molecular flexibility index (Phi) is 7.16. The fraction of sp³-hybridized carbons (Fsp3) is 0.333. The number of methoxy groups -OCH3 is 1. The molecule has 0 aliphatic carbocycles. The van der Waals surface area contributed by atoms with Gasteiger partial charge in [-0.1, -0.05) is 23.1 Å². The molecule has 0 unspecified atom stereocenters. The van der Waals surface area contributed by atoms with Crippen molar-refractivity contribution in [1.82, 2.24) is 10.2 Å². The van der Waals surface area contributed by atoms with Crippen LogP contribution in [0.3, 0.4) is 0 Å². The zero-order valence-corrected chi connectivity index (χ0v) is 15.0. The average molecular weight is 366 g/mol. The second-order valence-corrected chi connectivity index (χ2v) is 6.96. The Morgan fingerprint density at radius 2 is 2.00 bits per heavy atom. The monoisotopic (exact) mass is 366 g/mol. The number of carbonyl (C=O) groups is 2. The lowest BCUT2D eigenvalue weighted by Crippen LogP contribution is -2.07. The highest BCUT2D eigenvalue weighted by molar-refractivity contribution is 8.01. The molecule has 9 heteroatoms. The summed E-state index contributed by atoms with van der Waals surface area (Å²) in [7, 11) is 1.64. The van der Waals surface area contributed by atoms with Crippen LogP contribution in [0.15, 0.2) is 28.6 Å². The predicted octanol–water partition coefficient (Wildman–Crippen LogP) is 2.53. The zero-order chi connectivity index (χ0) is 17.4. The van der Waals surface area contributed by atoms with E-state index in [2.05, 4.69) is 20.8 Å². The van der Waals surface area contributed by atoms with Gasteiger partial charge in [0.05, 0.1) is 12.4 Å². The molecule has 0 saturated heterocycles. The maximum absolute atomic E-state index is 12.2. The van der Waals surface area contributed by atoms with E-state index in [1.54, 1.807) is 31.4 Å². The molecule has 24 heavy (non-hydrogen) atoms. The minimum atomic E-state index is -0.143. The van der Waals surface area contributed by atoms with Crippen LogP contribution in [-0.2, 0) is 9.53 Å². The first-order valence-electron chi connectivity index (χ1n) is 7.18. The van der Waals surface area contributed by atoms with Crippen LogP contribution in [0.1, 0.15) is 17.3 Å². The van der Waals surface area contributed by atoms with E-state index in [0.717, 1.165) is 4.34 Å². The van der Waals surface area contributed by atoms with Crippen molar-refractivity contribution < 1.29 is 14.3 Å². The van der Waals surface area contributed by atoms with Gasteiger partial charge in [0.25, 0.3) is 0 Å². The molecule has 0 atom stereocenters. The number of nitrogens with zero attached hydrogens (tertiary/aromatic N) is 2. The van der Waals surface area contributed by atoms with E-state index in [1.807, 2.05) is 0 Å². The quantitative estimate of drug-likeness (QED) is 0.400. The van der Waals surface area contributed by atoms with Gasteiger partial charge < -0.3 is 15.4 Å². The third-order valence-corrected chi connectivity index (χ3v) is 4.86. The molecule has 0 radical (unpaired) electrons. The number of nitrogens with one attached hydrogen (secondary N) is 2. The summed E-state index contributed by atoms with van der Waals surface area (Å²) in [5, 5.41) is 14.5. The standard InChI is InChI=1S/C15H18N4O3S2/c1-10(20)17-12-5-3-11(4-6-12)13(21)9-23-15-19-18-14(24-15)16-7-8-22-2/h3-6H,7-9H2,1-2H3,(H,16,18)(H,17,20). The molecule has 1 aromatic heterocycles. The summed E-state index contributed by atoms with van der Waals surface area (Å²) in [4.78, 5) is 23.2. The Labute approximate surface area is 148 Å². The molecule has 1 amide bonds. The maximum Gasteiger partial charge on any atom is 0.221 e. The van der Waals surface area contributed by atoms with E-state index in [-0.39, 0.29) is 17.4 Å². The lowest BCUT2D eigenvalue weighted by Gasteiger charge is -2.03. The van der Waals surface area contributed by atoms with E-state index in [1.165, 1.54) is 30.0 Å². The van der Waals surface area contributed by atoms with Crippen molar-refractivity contribution in [3.63, 3.8) is 0 Å². The topological polar surface area (TPSA) is 93.2 Å². The van der Waals surface area contributed by atoms with Gasteiger partial charge in [-0.25, -0.2) is 0 Å². The first-order valence-corrected chi connectivity index (χ1v) is 8.98. The zero-order valence-electron chi connectivity index (χ0n) is 13.4. The number of hydrogen-bond acceptors (Lipinski definition) is 8. The normalized spacial score (nSPS) is 10.4. The highest BCUT2D eigenvalue weighted by Gasteiger charge is 2.10. The average Bonchev–Trinajstić information content (AvgIpc) is 3.01. The number of thioether (sulfide) groups is 1. The van der Waals surface area contributed by atoms with Crippen molar-refractivity contribution in [3.05, 3.63) is 29.8 Å². The number of Topliss-reactive ketones (excluding diaryl/α,β-unsaturated/α-hetero) is 1. The molecule has 0 bridgehead atoms. The van der Waals surface area contributed by atoms with Gasteiger partial charge in [0.2, 0.25) is 11.0 Å². The number of hydrogen-bond donors (Lipinski definition) is 2. The van der Waals surface area contributed by atoms with Crippen molar-refractivity contribution in [2.24, 2.45) is 0 Å². The molecule has 1 heterocycles. The number of ketones is 1.